The number of unbranched alkanes of at least 4 members (excludes halogenated alkanes) is 2. The van der Waals surface area contributed by atoms with Gasteiger partial charge in [0.1, 0.15) is 0 Å². The molecule has 0 N–H and O–H groups in total. The first-order valence-electron chi connectivity index (χ1n) is 9.22. The minimum Gasteiger partial charge on any atom is -0.463 e. The van der Waals surface area contributed by atoms with Crippen LogP contribution < -0.4 is 0 Å². The SMILES string of the molecule is CCCCC/C(C(=O)OCC)=C(/C(=O)OCC)C1CCCCC1. The van der Waals surface area contributed by atoms with Crippen molar-refractivity contribution in [2.75, 3.05) is 13.2 Å². The van der Waals surface area contributed by atoms with E-state index in [1.807, 2.05) is 0 Å². The van der Waals surface area contributed by atoms with Crippen LogP contribution in [0.1, 0.15) is 78.6 Å². The molecule has 0 aromatic rings. The molecule has 1 saturated carbocycles. The Morgan fingerprint density at radius 2 is 1.48 bits per heavy atom. The number of rotatable bonds is 9. The third-order valence-corrected chi connectivity index (χ3v) is 4.39. The summed E-state index contributed by atoms with van der Waals surface area (Å²) in [5, 5.41) is 0. The minimum atomic E-state index is -0.336. The molecule has 1 aliphatic carbocycles. The Morgan fingerprint density at radius 1 is 0.870 bits per heavy atom. The summed E-state index contributed by atoms with van der Waals surface area (Å²) in [5.41, 5.74) is 1.16. The van der Waals surface area contributed by atoms with E-state index in [2.05, 4.69) is 6.92 Å². The zero-order valence-electron chi connectivity index (χ0n) is 15.0. The summed E-state index contributed by atoms with van der Waals surface area (Å²) < 4.78 is 10.5. The van der Waals surface area contributed by atoms with Crippen LogP contribution in [0.25, 0.3) is 0 Å². The second-order valence-corrected chi connectivity index (χ2v) is 6.13. The van der Waals surface area contributed by atoms with Crippen molar-refractivity contribution in [3.05, 3.63) is 11.1 Å². The van der Waals surface area contributed by atoms with Crippen molar-refractivity contribution >= 4 is 11.9 Å². The summed E-state index contributed by atoms with van der Waals surface area (Å²) in [6.07, 6.45) is 8.99. The fourth-order valence-corrected chi connectivity index (χ4v) is 3.25. The van der Waals surface area contributed by atoms with Crippen LogP contribution in [0.15, 0.2) is 11.1 Å². The van der Waals surface area contributed by atoms with Crippen molar-refractivity contribution in [3.8, 4) is 0 Å². The zero-order chi connectivity index (χ0) is 17.1. The third kappa shape index (κ3) is 6.36. The molecule has 1 fully saturated rings. The van der Waals surface area contributed by atoms with Gasteiger partial charge in [0.25, 0.3) is 0 Å². The molecule has 1 aliphatic rings. The molecule has 0 saturated heterocycles. The maximum absolute atomic E-state index is 12.5. The van der Waals surface area contributed by atoms with Crippen molar-refractivity contribution in [1.82, 2.24) is 0 Å². The van der Waals surface area contributed by atoms with Crippen molar-refractivity contribution in [3.63, 3.8) is 0 Å². The third-order valence-electron chi connectivity index (χ3n) is 4.39. The Morgan fingerprint density at radius 3 is 2.04 bits per heavy atom. The summed E-state index contributed by atoms with van der Waals surface area (Å²) in [5.74, 6) is -0.514. The zero-order valence-corrected chi connectivity index (χ0v) is 15.0. The standard InChI is InChI=1S/C19H32O4/c1-4-7-9-14-16(18(20)22-5-2)17(19(21)23-6-3)15-12-10-8-11-13-15/h15H,4-14H2,1-3H3/b17-16-. The fourth-order valence-electron chi connectivity index (χ4n) is 3.25. The first-order valence-corrected chi connectivity index (χ1v) is 9.22. The lowest BCUT2D eigenvalue weighted by Gasteiger charge is -2.25. The lowest BCUT2D eigenvalue weighted by Crippen LogP contribution is -2.24. The second-order valence-electron chi connectivity index (χ2n) is 6.13. The van der Waals surface area contributed by atoms with Gasteiger partial charge in [-0.2, -0.15) is 0 Å². The van der Waals surface area contributed by atoms with E-state index in [1.54, 1.807) is 13.8 Å². The maximum Gasteiger partial charge on any atom is 0.334 e. The Bertz CT molecular complexity index is 406. The smallest absolute Gasteiger partial charge is 0.334 e. The Hall–Kier alpha value is -1.32. The van der Waals surface area contributed by atoms with E-state index in [-0.39, 0.29) is 17.9 Å². The molecule has 4 nitrogen and oxygen atoms in total. The van der Waals surface area contributed by atoms with Gasteiger partial charge in [-0.25, -0.2) is 9.59 Å². The lowest BCUT2D eigenvalue weighted by molar-refractivity contribution is -0.142. The normalized spacial score (nSPS) is 16.7. The molecule has 0 heterocycles. The van der Waals surface area contributed by atoms with Gasteiger partial charge in [0.05, 0.1) is 18.8 Å². The topological polar surface area (TPSA) is 52.6 Å². The number of hydrogen-bond acceptors (Lipinski definition) is 4. The van der Waals surface area contributed by atoms with Gasteiger partial charge in [-0.1, -0.05) is 39.0 Å². The monoisotopic (exact) mass is 324 g/mol. The van der Waals surface area contributed by atoms with E-state index in [9.17, 15) is 9.59 Å². The van der Waals surface area contributed by atoms with E-state index < -0.39 is 0 Å². The highest BCUT2D eigenvalue weighted by Gasteiger charge is 2.30. The highest BCUT2D eigenvalue weighted by atomic mass is 16.5. The van der Waals surface area contributed by atoms with Crippen molar-refractivity contribution in [2.45, 2.75) is 78.6 Å². The van der Waals surface area contributed by atoms with Crippen molar-refractivity contribution in [2.24, 2.45) is 5.92 Å². The molecule has 0 aromatic heterocycles. The Balaban J connectivity index is 3.12. The van der Waals surface area contributed by atoms with Gasteiger partial charge in [-0.05, 0) is 45.4 Å². The van der Waals surface area contributed by atoms with Gasteiger partial charge in [0.2, 0.25) is 0 Å². The predicted molar refractivity (Wildman–Crippen MR) is 91.0 cm³/mol. The van der Waals surface area contributed by atoms with Gasteiger partial charge in [0, 0.05) is 5.57 Å². The molecule has 23 heavy (non-hydrogen) atoms. The highest BCUT2D eigenvalue weighted by Crippen LogP contribution is 2.34. The molecule has 1 rings (SSSR count). The molecule has 132 valence electrons. The largest absolute Gasteiger partial charge is 0.463 e. The number of esters is 2. The molecule has 0 amide bonds. The predicted octanol–water partition coefficient (Wildman–Crippen LogP) is 4.57. The van der Waals surface area contributed by atoms with Gasteiger partial charge < -0.3 is 9.47 Å². The van der Waals surface area contributed by atoms with Gasteiger partial charge >= 0.3 is 11.9 Å². The number of carbonyl (C=O) groups is 2. The molecule has 0 spiro atoms. The van der Waals surface area contributed by atoms with Crippen molar-refractivity contribution in [1.29, 1.82) is 0 Å². The number of ether oxygens (including phenoxy) is 2. The molecule has 0 aliphatic heterocycles. The summed E-state index contributed by atoms with van der Waals surface area (Å²) in [6.45, 7) is 6.39. The van der Waals surface area contributed by atoms with Crippen LogP contribution in [0.5, 0.6) is 0 Å². The summed E-state index contributed by atoms with van der Waals surface area (Å²) in [6, 6.07) is 0. The average Bonchev–Trinajstić information content (AvgIpc) is 2.55. The first-order chi connectivity index (χ1) is 11.2. The molecule has 4 heteroatoms. The molecule has 0 aromatic carbocycles. The van der Waals surface area contributed by atoms with Crippen LogP contribution >= 0.6 is 0 Å². The maximum atomic E-state index is 12.5. The average molecular weight is 324 g/mol. The van der Waals surface area contributed by atoms with Crippen LogP contribution in [-0.2, 0) is 19.1 Å². The van der Waals surface area contributed by atoms with E-state index in [0.717, 1.165) is 44.9 Å². The minimum absolute atomic E-state index is 0.142. The Labute approximate surface area is 140 Å². The molecule has 0 bridgehead atoms. The van der Waals surface area contributed by atoms with Gasteiger partial charge in [-0.15, -0.1) is 0 Å². The van der Waals surface area contributed by atoms with E-state index >= 15 is 0 Å². The highest BCUT2D eigenvalue weighted by molar-refractivity contribution is 6.00. The fraction of sp³-hybridized carbons (Fsp3) is 0.789. The molecule has 0 unspecified atom stereocenters. The lowest BCUT2D eigenvalue weighted by atomic mass is 9.80. The molecular formula is C19H32O4. The van der Waals surface area contributed by atoms with E-state index in [4.69, 9.17) is 9.47 Å². The summed E-state index contributed by atoms with van der Waals surface area (Å²) >= 11 is 0. The van der Waals surface area contributed by atoms with Crippen LogP contribution in [0.4, 0.5) is 0 Å². The molecule has 0 radical (unpaired) electrons. The quantitative estimate of drug-likeness (QED) is 0.354. The van der Waals surface area contributed by atoms with Crippen LogP contribution in [0.3, 0.4) is 0 Å². The van der Waals surface area contributed by atoms with Crippen molar-refractivity contribution < 1.29 is 19.1 Å². The van der Waals surface area contributed by atoms with E-state index in [0.29, 0.717) is 30.8 Å². The second kappa shape index (κ2) is 11.3. The van der Waals surface area contributed by atoms with Crippen LogP contribution in [0.2, 0.25) is 0 Å². The van der Waals surface area contributed by atoms with Gasteiger partial charge in [0.15, 0.2) is 0 Å². The molecular weight excluding hydrogens is 292 g/mol. The first kappa shape index (κ1) is 19.7. The summed E-state index contributed by atoms with van der Waals surface area (Å²) in [4.78, 5) is 25.0. The Kier molecular flexibility index (Phi) is 9.65. The number of carbonyl (C=O) groups excluding carboxylic acids is 2. The molecule has 0 atom stereocenters. The summed E-state index contributed by atoms with van der Waals surface area (Å²) in [7, 11) is 0. The van der Waals surface area contributed by atoms with E-state index in [1.165, 1.54) is 6.42 Å². The van der Waals surface area contributed by atoms with Crippen LogP contribution in [-0.4, -0.2) is 25.2 Å². The number of hydrogen-bond donors (Lipinski definition) is 0. The van der Waals surface area contributed by atoms with Gasteiger partial charge in [-0.3, -0.25) is 0 Å². The van der Waals surface area contributed by atoms with Crippen LogP contribution in [0, 0.1) is 5.92 Å².